The van der Waals surface area contributed by atoms with Crippen LogP contribution in [0.2, 0.25) is 0 Å². The summed E-state index contributed by atoms with van der Waals surface area (Å²) in [5.41, 5.74) is 3.94. The summed E-state index contributed by atoms with van der Waals surface area (Å²) in [6.07, 6.45) is 1.09. The highest BCUT2D eigenvalue weighted by Gasteiger charge is 2.04. The summed E-state index contributed by atoms with van der Waals surface area (Å²) in [6.45, 7) is 6.49. The van der Waals surface area contributed by atoms with E-state index in [0.29, 0.717) is 0 Å². The zero-order valence-electron chi connectivity index (χ0n) is 9.42. The Kier molecular flexibility index (Phi) is 3.75. The lowest BCUT2D eigenvalue weighted by molar-refractivity contribution is 0.413. The molecule has 1 nitrogen and oxygen atoms in total. The van der Waals surface area contributed by atoms with Crippen LogP contribution >= 0.6 is 0 Å². The molecule has 0 aromatic heterocycles. The van der Waals surface area contributed by atoms with Gasteiger partial charge in [0.05, 0.1) is 7.11 Å². The number of allylic oxidation sites excluding steroid dienone is 2. The van der Waals surface area contributed by atoms with E-state index in [2.05, 4.69) is 26.8 Å². The van der Waals surface area contributed by atoms with E-state index in [9.17, 15) is 0 Å². The first kappa shape index (κ1) is 10.8. The standard InChI is InChI=1S/C13H18O/c1-5-10(2)11(3)12-8-6-7-9-13(12)14-4/h6-9H,5H2,1-4H3. The average Bonchev–Trinajstić information content (AvgIpc) is 2.26. The molecule has 0 saturated heterocycles. The lowest BCUT2D eigenvalue weighted by Gasteiger charge is -2.10. The SMILES string of the molecule is CCC(C)=C(C)c1ccccc1OC. The summed E-state index contributed by atoms with van der Waals surface area (Å²) >= 11 is 0. The van der Waals surface area contributed by atoms with Gasteiger partial charge in [0, 0.05) is 5.56 Å². The van der Waals surface area contributed by atoms with Crippen LogP contribution < -0.4 is 4.74 Å². The van der Waals surface area contributed by atoms with Gasteiger partial charge in [0.25, 0.3) is 0 Å². The van der Waals surface area contributed by atoms with Crippen LogP contribution in [-0.2, 0) is 0 Å². The lowest BCUT2D eigenvalue weighted by Crippen LogP contribution is -1.91. The molecule has 0 bridgehead atoms. The quantitative estimate of drug-likeness (QED) is 0.702. The number of ether oxygens (including phenoxy) is 1. The van der Waals surface area contributed by atoms with Crippen LogP contribution in [0.15, 0.2) is 29.8 Å². The molecule has 1 heteroatoms. The number of benzene rings is 1. The van der Waals surface area contributed by atoms with E-state index < -0.39 is 0 Å². The van der Waals surface area contributed by atoms with Gasteiger partial charge in [-0.05, 0) is 31.9 Å². The van der Waals surface area contributed by atoms with E-state index in [0.717, 1.165) is 12.2 Å². The number of methoxy groups -OCH3 is 1. The van der Waals surface area contributed by atoms with Crippen molar-refractivity contribution in [1.82, 2.24) is 0 Å². The number of hydrogen-bond acceptors (Lipinski definition) is 1. The molecule has 0 unspecified atom stereocenters. The summed E-state index contributed by atoms with van der Waals surface area (Å²) < 4.78 is 5.33. The Labute approximate surface area is 86.4 Å². The van der Waals surface area contributed by atoms with E-state index in [1.54, 1.807) is 7.11 Å². The zero-order valence-corrected chi connectivity index (χ0v) is 9.42. The maximum absolute atomic E-state index is 5.33. The highest BCUT2D eigenvalue weighted by Crippen LogP contribution is 2.28. The van der Waals surface area contributed by atoms with Crippen LogP contribution in [-0.4, -0.2) is 7.11 Å². The largest absolute Gasteiger partial charge is 0.496 e. The van der Waals surface area contributed by atoms with E-state index in [1.807, 2.05) is 18.2 Å². The van der Waals surface area contributed by atoms with Crippen molar-refractivity contribution in [2.24, 2.45) is 0 Å². The van der Waals surface area contributed by atoms with E-state index in [1.165, 1.54) is 16.7 Å². The first-order valence-corrected chi connectivity index (χ1v) is 5.00. The molecule has 0 fully saturated rings. The van der Waals surface area contributed by atoms with Crippen LogP contribution in [0.3, 0.4) is 0 Å². The van der Waals surface area contributed by atoms with E-state index >= 15 is 0 Å². The summed E-state index contributed by atoms with van der Waals surface area (Å²) in [5.74, 6) is 0.956. The molecule has 14 heavy (non-hydrogen) atoms. The Bertz CT molecular complexity index is 337. The second-order valence-corrected chi connectivity index (χ2v) is 3.46. The van der Waals surface area contributed by atoms with Gasteiger partial charge >= 0.3 is 0 Å². The fourth-order valence-corrected chi connectivity index (χ4v) is 1.45. The van der Waals surface area contributed by atoms with E-state index in [-0.39, 0.29) is 0 Å². The molecule has 1 aromatic rings. The van der Waals surface area contributed by atoms with Gasteiger partial charge in [-0.25, -0.2) is 0 Å². The molecule has 1 rings (SSSR count). The monoisotopic (exact) mass is 190 g/mol. The van der Waals surface area contributed by atoms with Crippen LogP contribution in [0.4, 0.5) is 0 Å². The van der Waals surface area contributed by atoms with Gasteiger partial charge in [-0.2, -0.15) is 0 Å². The van der Waals surface area contributed by atoms with Gasteiger partial charge in [-0.1, -0.05) is 30.7 Å². The third-order valence-electron chi connectivity index (χ3n) is 2.68. The first-order valence-electron chi connectivity index (χ1n) is 5.00. The molecular formula is C13H18O. The molecule has 0 atom stereocenters. The van der Waals surface area contributed by atoms with Gasteiger partial charge in [0.2, 0.25) is 0 Å². The minimum Gasteiger partial charge on any atom is -0.496 e. The Hall–Kier alpha value is -1.24. The molecule has 1 aromatic carbocycles. The fraction of sp³-hybridized carbons (Fsp3) is 0.385. The third kappa shape index (κ3) is 2.16. The first-order chi connectivity index (χ1) is 6.70. The van der Waals surface area contributed by atoms with Crippen molar-refractivity contribution < 1.29 is 4.74 Å². The lowest BCUT2D eigenvalue weighted by atomic mass is 10.0. The van der Waals surface area contributed by atoms with Gasteiger partial charge in [-0.15, -0.1) is 0 Å². The van der Waals surface area contributed by atoms with Gasteiger partial charge < -0.3 is 4.74 Å². The van der Waals surface area contributed by atoms with E-state index in [4.69, 9.17) is 4.74 Å². The van der Waals surface area contributed by atoms with Gasteiger partial charge in [-0.3, -0.25) is 0 Å². The van der Waals surface area contributed by atoms with Crippen molar-refractivity contribution in [2.75, 3.05) is 7.11 Å². The third-order valence-corrected chi connectivity index (χ3v) is 2.68. The summed E-state index contributed by atoms with van der Waals surface area (Å²) in [6, 6.07) is 8.15. The number of rotatable bonds is 3. The summed E-state index contributed by atoms with van der Waals surface area (Å²) in [5, 5.41) is 0. The van der Waals surface area contributed by atoms with Crippen molar-refractivity contribution in [1.29, 1.82) is 0 Å². The van der Waals surface area contributed by atoms with Crippen LogP contribution in [0.1, 0.15) is 32.8 Å². The molecule has 76 valence electrons. The van der Waals surface area contributed by atoms with Crippen LogP contribution in [0.25, 0.3) is 5.57 Å². The maximum Gasteiger partial charge on any atom is 0.126 e. The normalized spacial score (nSPS) is 12.3. The summed E-state index contributed by atoms with van der Waals surface area (Å²) in [4.78, 5) is 0. The fourth-order valence-electron chi connectivity index (χ4n) is 1.45. The maximum atomic E-state index is 5.33. The highest BCUT2D eigenvalue weighted by molar-refractivity contribution is 5.71. The van der Waals surface area contributed by atoms with Crippen molar-refractivity contribution in [3.05, 3.63) is 35.4 Å². The Balaban J connectivity index is 3.18. The minimum absolute atomic E-state index is 0.956. The number of hydrogen-bond donors (Lipinski definition) is 0. The smallest absolute Gasteiger partial charge is 0.126 e. The molecular weight excluding hydrogens is 172 g/mol. The van der Waals surface area contributed by atoms with Crippen molar-refractivity contribution in [3.63, 3.8) is 0 Å². The molecule has 0 heterocycles. The van der Waals surface area contributed by atoms with Crippen LogP contribution in [0.5, 0.6) is 5.75 Å². The molecule has 0 radical (unpaired) electrons. The minimum atomic E-state index is 0.956. The zero-order chi connectivity index (χ0) is 10.6. The van der Waals surface area contributed by atoms with Crippen molar-refractivity contribution in [2.45, 2.75) is 27.2 Å². The molecule has 0 aliphatic rings. The Morgan fingerprint density at radius 3 is 2.43 bits per heavy atom. The molecule has 0 N–H and O–H groups in total. The predicted molar refractivity (Wildman–Crippen MR) is 61.6 cm³/mol. The predicted octanol–water partition coefficient (Wildman–Crippen LogP) is 3.90. The Morgan fingerprint density at radius 1 is 1.21 bits per heavy atom. The molecule has 0 aliphatic heterocycles. The molecule has 0 aliphatic carbocycles. The topological polar surface area (TPSA) is 9.23 Å². The van der Waals surface area contributed by atoms with Crippen molar-refractivity contribution in [3.8, 4) is 5.75 Å². The molecule has 0 saturated carbocycles. The second kappa shape index (κ2) is 4.85. The molecule has 0 amide bonds. The summed E-state index contributed by atoms with van der Waals surface area (Å²) in [7, 11) is 1.72. The Morgan fingerprint density at radius 2 is 1.86 bits per heavy atom. The highest BCUT2D eigenvalue weighted by atomic mass is 16.5. The van der Waals surface area contributed by atoms with Gasteiger partial charge in [0.1, 0.15) is 5.75 Å². The number of para-hydroxylation sites is 1. The molecule has 0 spiro atoms. The van der Waals surface area contributed by atoms with Crippen LogP contribution in [0, 0.1) is 0 Å². The van der Waals surface area contributed by atoms with Gasteiger partial charge in [0.15, 0.2) is 0 Å². The van der Waals surface area contributed by atoms with Crippen molar-refractivity contribution >= 4 is 5.57 Å². The average molecular weight is 190 g/mol. The second-order valence-electron chi connectivity index (χ2n) is 3.46.